The van der Waals surface area contributed by atoms with Gasteiger partial charge in [-0.05, 0) is 35.1 Å². The average molecular weight is 533 g/mol. The Morgan fingerprint density at radius 1 is 1.13 bits per heavy atom. The van der Waals surface area contributed by atoms with E-state index in [1.54, 1.807) is 49.6 Å². The Morgan fingerprint density at radius 3 is 2.34 bits per heavy atom. The molecule has 2 aliphatic heterocycles. The molecule has 1 fully saturated rings. The molecule has 2 aromatic carbocycles. The Balaban J connectivity index is 1.60. The number of halogens is 3. The molecule has 190 valence electrons. The van der Waals surface area contributed by atoms with Gasteiger partial charge in [0.25, 0.3) is 11.8 Å². The standard InChI is InChI=1S/C22H24B6ClF2N3O4/c23-14-15(24)21(26,19(37)34(28)18(14)36)32-8-10-7-9(1-6-13(10)17(32)35)16(25)33(27)20(38)22(30,31)11-2-4-12(29)5-3-11/h1-7,14-16H,8,23-28H2. The van der Waals surface area contributed by atoms with Crippen LogP contribution in [0.3, 0.4) is 0 Å². The molecule has 7 nitrogen and oxygen atoms in total. The van der Waals surface area contributed by atoms with Gasteiger partial charge in [-0.25, -0.2) is 0 Å². The fourth-order valence-electron chi connectivity index (χ4n) is 5.38. The molecule has 0 N–H and O–H groups in total. The van der Waals surface area contributed by atoms with E-state index in [2.05, 4.69) is 0 Å². The van der Waals surface area contributed by atoms with Crippen LogP contribution in [0, 0.1) is 0 Å². The summed E-state index contributed by atoms with van der Waals surface area (Å²) in [6.07, 6.45) is 0. The highest BCUT2D eigenvalue weighted by Gasteiger charge is 2.56. The number of hydrogen-bond donors (Lipinski definition) is 0. The van der Waals surface area contributed by atoms with Crippen molar-refractivity contribution in [1.82, 2.24) is 14.5 Å². The maximum Gasteiger partial charge on any atom is 0.348 e. The van der Waals surface area contributed by atoms with E-state index in [9.17, 15) is 28.0 Å². The van der Waals surface area contributed by atoms with Crippen LogP contribution in [-0.4, -0.2) is 90.9 Å². The largest absolute Gasteiger partial charge is 0.389 e. The monoisotopic (exact) mass is 533 g/mol. The average Bonchev–Trinajstić information content (AvgIpc) is 3.24. The van der Waals surface area contributed by atoms with Crippen LogP contribution in [0.25, 0.3) is 0 Å². The number of nitrogens with zero attached hydrogens (tertiary/aromatic N) is 3. The smallest absolute Gasteiger partial charge is 0.348 e. The second-order valence-corrected chi connectivity index (χ2v) is 10.8. The molecule has 0 saturated carbocycles. The summed E-state index contributed by atoms with van der Waals surface area (Å²) in [5.41, 5.74) is -0.113. The van der Waals surface area contributed by atoms with Crippen LogP contribution >= 0.6 is 11.6 Å². The number of imide groups is 1. The maximum atomic E-state index is 15.0. The molecule has 2 aliphatic rings. The van der Waals surface area contributed by atoms with Gasteiger partial charge in [0.05, 0.1) is 5.44 Å². The molecular weight excluding hydrogens is 509 g/mol. The summed E-state index contributed by atoms with van der Waals surface area (Å²) in [5, 5.41) is 0.284. The van der Waals surface area contributed by atoms with Crippen molar-refractivity contribution in [3.63, 3.8) is 0 Å². The summed E-state index contributed by atoms with van der Waals surface area (Å²) < 4.78 is 30.0. The van der Waals surface area contributed by atoms with E-state index < -0.39 is 46.3 Å². The van der Waals surface area contributed by atoms with Crippen LogP contribution < -0.4 is 0 Å². The summed E-state index contributed by atoms with van der Waals surface area (Å²) in [4.78, 5) is 55.5. The number of carbonyl (C=O) groups excluding carboxylic acids is 4. The summed E-state index contributed by atoms with van der Waals surface area (Å²) in [5.74, 6) is -7.82. The minimum atomic E-state index is -3.76. The van der Waals surface area contributed by atoms with E-state index in [0.717, 1.165) is 21.8 Å². The van der Waals surface area contributed by atoms with E-state index in [0.29, 0.717) is 16.7 Å². The highest BCUT2D eigenvalue weighted by molar-refractivity contribution is 6.47. The molecule has 4 amide bonds. The normalized spacial score (nSPS) is 24.3. The van der Waals surface area contributed by atoms with Crippen LogP contribution in [0.1, 0.15) is 33.0 Å². The Morgan fingerprint density at radius 2 is 1.74 bits per heavy atom. The van der Waals surface area contributed by atoms with Gasteiger partial charge in [0.1, 0.15) is 31.4 Å². The summed E-state index contributed by atoms with van der Waals surface area (Å²) >= 11 is 5.79. The number of benzene rings is 2. The summed E-state index contributed by atoms with van der Waals surface area (Å²) in [6.45, 7) is 0.120. The van der Waals surface area contributed by atoms with Gasteiger partial charge in [-0.3, -0.25) is 19.2 Å². The highest BCUT2D eigenvalue weighted by Crippen LogP contribution is 2.43. The third kappa shape index (κ3) is 4.19. The molecule has 38 heavy (non-hydrogen) atoms. The van der Waals surface area contributed by atoms with Gasteiger partial charge in [-0.2, -0.15) is 8.78 Å². The number of piperidine rings is 1. The van der Waals surface area contributed by atoms with Gasteiger partial charge < -0.3 is 14.5 Å². The Kier molecular flexibility index (Phi) is 7.14. The van der Waals surface area contributed by atoms with Gasteiger partial charge in [0, 0.05) is 34.5 Å². The molecular formula is C22H24B6ClF2N3O4. The van der Waals surface area contributed by atoms with Gasteiger partial charge in [-0.15, -0.1) is 0 Å². The first kappa shape index (κ1) is 28.1. The lowest BCUT2D eigenvalue weighted by molar-refractivity contribution is -0.154. The van der Waals surface area contributed by atoms with Gasteiger partial charge in [0.2, 0.25) is 27.8 Å². The molecule has 0 aromatic heterocycles. The lowest BCUT2D eigenvalue weighted by atomic mass is 9.48. The van der Waals surface area contributed by atoms with E-state index in [1.807, 2.05) is 0 Å². The number of carbonyl (C=O) groups is 4. The second kappa shape index (κ2) is 9.67. The van der Waals surface area contributed by atoms with Crippen LogP contribution in [0.15, 0.2) is 42.5 Å². The van der Waals surface area contributed by atoms with Crippen molar-refractivity contribution in [3.8, 4) is 0 Å². The lowest BCUT2D eigenvalue weighted by Gasteiger charge is -2.50. The molecule has 1 saturated heterocycles. The van der Waals surface area contributed by atoms with Crippen LogP contribution in [0.4, 0.5) is 8.78 Å². The van der Waals surface area contributed by atoms with E-state index in [1.165, 1.54) is 33.0 Å². The molecule has 16 heteroatoms. The van der Waals surface area contributed by atoms with Crippen molar-refractivity contribution in [2.45, 2.75) is 35.5 Å². The van der Waals surface area contributed by atoms with Crippen molar-refractivity contribution < 1.29 is 28.0 Å². The molecule has 0 bridgehead atoms. The minimum absolute atomic E-state index is 0.120. The molecule has 2 heterocycles. The maximum absolute atomic E-state index is 15.0. The third-order valence-electron chi connectivity index (χ3n) is 8.45. The number of amides is 4. The van der Waals surface area contributed by atoms with E-state index in [4.69, 9.17) is 11.6 Å². The van der Waals surface area contributed by atoms with E-state index in [-0.39, 0.29) is 23.4 Å². The zero-order valence-corrected chi connectivity index (χ0v) is 22.8. The lowest BCUT2D eigenvalue weighted by Crippen LogP contribution is -2.68. The first-order valence-corrected chi connectivity index (χ1v) is 12.7. The van der Waals surface area contributed by atoms with Crippen molar-refractivity contribution in [1.29, 1.82) is 0 Å². The van der Waals surface area contributed by atoms with Gasteiger partial charge in [0.15, 0.2) is 0 Å². The SMILES string of the molecule is BC1C(=O)N(B)C(=O)C(B)(N2Cc3cc(C(B)N(B)C(=O)C(F)(F)c4ccc(Cl)cc4)ccc3C2=O)C1B. The van der Waals surface area contributed by atoms with Crippen molar-refractivity contribution in [2.75, 3.05) is 0 Å². The highest BCUT2D eigenvalue weighted by atomic mass is 35.5. The van der Waals surface area contributed by atoms with Gasteiger partial charge >= 0.3 is 5.92 Å². The zero-order valence-electron chi connectivity index (χ0n) is 22.1. The predicted octanol–water partition coefficient (Wildman–Crippen LogP) is -2.81. The molecule has 4 unspecified atom stereocenters. The Hall–Kier alpha value is -2.94. The van der Waals surface area contributed by atoms with Crippen LogP contribution in [0.2, 0.25) is 16.7 Å². The molecule has 0 spiro atoms. The number of hydrogen-bond acceptors (Lipinski definition) is 4. The second-order valence-electron chi connectivity index (χ2n) is 10.4. The first-order valence-electron chi connectivity index (χ1n) is 12.3. The fourth-order valence-corrected chi connectivity index (χ4v) is 5.51. The molecule has 0 aliphatic carbocycles. The molecule has 4 rings (SSSR count). The first-order chi connectivity index (χ1) is 17.6. The number of fused-ring (bicyclic) bond motifs is 1. The molecule has 2 aromatic rings. The zero-order chi connectivity index (χ0) is 28.3. The topological polar surface area (TPSA) is 78.0 Å². The number of alkyl halides is 2. The summed E-state index contributed by atoms with van der Waals surface area (Å²) in [6, 6.07) is 9.78. The Labute approximate surface area is 230 Å². The Bertz CT molecular complexity index is 1350. The van der Waals surface area contributed by atoms with Crippen LogP contribution in [0.5, 0.6) is 0 Å². The molecule has 4 atom stereocenters. The quantitative estimate of drug-likeness (QED) is 0.308. The fraction of sp³-hybridized carbons (Fsp3) is 0.273. The van der Waals surface area contributed by atoms with Crippen molar-refractivity contribution in [2.24, 2.45) is 0 Å². The third-order valence-corrected chi connectivity index (χ3v) is 8.70. The number of rotatable bonds is 5. The predicted molar refractivity (Wildman–Crippen MR) is 155 cm³/mol. The molecule has 0 radical (unpaired) electrons. The summed E-state index contributed by atoms with van der Waals surface area (Å²) in [7, 11) is 9.57. The minimum Gasteiger partial charge on any atom is -0.389 e. The van der Waals surface area contributed by atoms with Crippen molar-refractivity contribution in [3.05, 3.63) is 69.7 Å². The van der Waals surface area contributed by atoms with Gasteiger partial charge in [-0.1, -0.05) is 35.9 Å². The van der Waals surface area contributed by atoms with Crippen LogP contribution in [-0.2, 0) is 26.9 Å². The van der Waals surface area contributed by atoms with E-state index >= 15 is 0 Å². The van der Waals surface area contributed by atoms with Crippen molar-refractivity contribution >= 4 is 82.6 Å².